The van der Waals surface area contributed by atoms with Crippen molar-refractivity contribution in [1.29, 1.82) is 0 Å². The zero-order valence-corrected chi connectivity index (χ0v) is 13.0. The second-order valence-electron chi connectivity index (χ2n) is 5.42. The molecule has 0 fully saturated rings. The first kappa shape index (κ1) is 15.0. The van der Waals surface area contributed by atoms with Gasteiger partial charge in [0.05, 0.1) is 12.2 Å². The SMILES string of the molecule is Cc1ccn(CCC(=O)Nc2cccc(Cn3cccn3)c2)n1. The van der Waals surface area contributed by atoms with Gasteiger partial charge in [0.15, 0.2) is 0 Å². The van der Waals surface area contributed by atoms with Crippen molar-refractivity contribution in [2.24, 2.45) is 0 Å². The van der Waals surface area contributed by atoms with Crippen LogP contribution in [0.2, 0.25) is 0 Å². The van der Waals surface area contributed by atoms with E-state index in [4.69, 9.17) is 0 Å². The first-order valence-corrected chi connectivity index (χ1v) is 7.55. The highest BCUT2D eigenvalue weighted by molar-refractivity contribution is 5.90. The summed E-state index contributed by atoms with van der Waals surface area (Å²) >= 11 is 0. The molecule has 0 aliphatic rings. The van der Waals surface area contributed by atoms with E-state index in [1.165, 1.54) is 0 Å². The Hall–Kier alpha value is -2.89. The largest absolute Gasteiger partial charge is 0.326 e. The monoisotopic (exact) mass is 309 g/mol. The predicted molar refractivity (Wildman–Crippen MR) is 88.0 cm³/mol. The van der Waals surface area contributed by atoms with E-state index in [1.807, 2.05) is 60.4 Å². The third-order valence-electron chi connectivity index (χ3n) is 3.46. The summed E-state index contributed by atoms with van der Waals surface area (Å²) in [4.78, 5) is 12.1. The molecular weight excluding hydrogens is 290 g/mol. The van der Waals surface area contributed by atoms with Crippen LogP contribution in [-0.4, -0.2) is 25.5 Å². The maximum Gasteiger partial charge on any atom is 0.226 e. The summed E-state index contributed by atoms with van der Waals surface area (Å²) in [5.41, 5.74) is 2.85. The third-order valence-corrected chi connectivity index (χ3v) is 3.46. The van der Waals surface area contributed by atoms with Gasteiger partial charge in [-0.2, -0.15) is 10.2 Å². The van der Waals surface area contributed by atoms with Gasteiger partial charge in [0.25, 0.3) is 0 Å². The molecule has 118 valence electrons. The van der Waals surface area contributed by atoms with Crippen LogP contribution in [0.3, 0.4) is 0 Å². The van der Waals surface area contributed by atoms with Gasteiger partial charge in [-0.3, -0.25) is 14.2 Å². The Bertz CT molecular complexity index is 776. The van der Waals surface area contributed by atoms with Crippen LogP contribution in [0.4, 0.5) is 5.69 Å². The Morgan fingerprint density at radius 2 is 2.09 bits per heavy atom. The lowest BCUT2D eigenvalue weighted by Gasteiger charge is -2.08. The van der Waals surface area contributed by atoms with Crippen LogP contribution >= 0.6 is 0 Å². The molecule has 0 spiro atoms. The van der Waals surface area contributed by atoms with E-state index in [2.05, 4.69) is 15.5 Å². The van der Waals surface area contributed by atoms with Gasteiger partial charge in [-0.15, -0.1) is 0 Å². The average molecular weight is 309 g/mol. The van der Waals surface area contributed by atoms with Crippen LogP contribution in [0.5, 0.6) is 0 Å². The molecule has 0 radical (unpaired) electrons. The second kappa shape index (κ2) is 6.91. The van der Waals surface area contributed by atoms with E-state index in [1.54, 1.807) is 10.9 Å². The lowest BCUT2D eigenvalue weighted by atomic mass is 10.2. The fraction of sp³-hybridized carbons (Fsp3) is 0.235. The van der Waals surface area contributed by atoms with Crippen LogP contribution in [-0.2, 0) is 17.9 Å². The standard InChI is InChI=1S/C17H19N5O/c1-14-6-10-21(20-14)11-7-17(23)19-16-5-2-4-15(12-16)13-22-9-3-8-18-22/h2-6,8-10,12H,7,11,13H2,1H3,(H,19,23). The van der Waals surface area contributed by atoms with Crippen molar-refractivity contribution >= 4 is 11.6 Å². The molecule has 6 heteroatoms. The maximum absolute atomic E-state index is 12.1. The first-order valence-electron chi connectivity index (χ1n) is 7.55. The molecule has 2 heterocycles. The highest BCUT2D eigenvalue weighted by Crippen LogP contribution is 2.12. The average Bonchev–Trinajstić information content (AvgIpc) is 3.17. The predicted octanol–water partition coefficient (Wildman–Crippen LogP) is 2.47. The summed E-state index contributed by atoms with van der Waals surface area (Å²) < 4.78 is 3.63. The molecule has 6 nitrogen and oxygen atoms in total. The van der Waals surface area contributed by atoms with Gasteiger partial charge in [0, 0.05) is 37.2 Å². The number of aryl methyl sites for hydroxylation is 2. The molecule has 0 aliphatic carbocycles. The Morgan fingerprint density at radius 1 is 1.17 bits per heavy atom. The number of hydrogen-bond acceptors (Lipinski definition) is 3. The highest BCUT2D eigenvalue weighted by Gasteiger charge is 2.05. The number of rotatable bonds is 6. The zero-order valence-electron chi connectivity index (χ0n) is 13.0. The normalized spacial score (nSPS) is 10.7. The minimum atomic E-state index is -0.0191. The molecule has 23 heavy (non-hydrogen) atoms. The second-order valence-corrected chi connectivity index (χ2v) is 5.42. The number of carbonyl (C=O) groups is 1. The fourth-order valence-electron chi connectivity index (χ4n) is 2.36. The number of aromatic nitrogens is 4. The van der Waals surface area contributed by atoms with Crippen molar-refractivity contribution in [3.8, 4) is 0 Å². The number of carbonyl (C=O) groups excluding carboxylic acids is 1. The molecule has 2 aromatic heterocycles. The minimum absolute atomic E-state index is 0.0191. The number of nitrogens with one attached hydrogen (secondary N) is 1. The van der Waals surface area contributed by atoms with Crippen molar-refractivity contribution in [3.63, 3.8) is 0 Å². The van der Waals surface area contributed by atoms with Crippen LogP contribution in [0.25, 0.3) is 0 Å². The Morgan fingerprint density at radius 3 is 2.83 bits per heavy atom. The number of nitrogens with zero attached hydrogens (tertiary/aromatic N) is 4. The van der Waals surface area contributed by atoms with E-state index in [9.17, 15) is 4.79 Å². The summed E-state index contributed by atoms with van der Waals surface area (Å²) in [7, 11) is 0. The van der Waals surface area contributed by atoms with Gasteiger partial charge in [-0.25, -0.2) is 0 Å². The van der Waals surface area contributed by atoms with Gasteiger partial charge < -0.3 is 5.32 Å². The maximum atomic E-state index is 12.1. The van der Waals surface area contributed by atoms with E-state index in [0.29, 0.717) is 19.5 Å². The Balaban J connectivity index is 1.55. The minimum Gasteiger partial charge on any atom is -0.326 e. The van der Waals surface area contributed by atoms with Crippen LogP contribution in [0.15, 0.2) is 55.0 Å². The van der Waals surface area contributed by atoms with Crippen molar-refractivity contribution in [2.75, 3.05) is 5.32 Å². The number of amides is 1. The van der Waals surface area contributed by atoms with Crippen molar-refractivity contribution < 1.29 is 4.79 Å². The van der Waals surface area contributed by atoms with Crippen LogP contribution < -0.4 is 5.32 Å². The lowest BCUT2D eigenvalue weighted by molar-refractivity contribution is -0.116. The van der Waals surface area contributed by atoms with Gasteiger partial charge >= 0.3 is 0 Å². The molecule has 3 aromatic rings. The quantitative estimate of drug-likeness (QED) is 0.760. The van der Waals surface area contributed by atoms with Gasteiger partial charge in [0.1, 0.15) is 0 Å². The smallest absolute Gasteiger partial charge is 0.226 e. The van der Waals surface area contributed by atoms with Gasteiger partial charge in [-0.05, 0) is 36.8 Å². The summed E-state index contributed by atoms with van der Waals surface area (Å²) in [6.45, 7) is 3.19. The molecule has 1 N–H and O–H groups in total. The lowest BCUT2D eigenvalue weighted by Crippen LogP contribution is -2.15. The zero-order chi connectivity index (χ0) is 16.1. The van der Waals surface area contributed by atoms with Crippen LogP contribution in [0, 0.1) is 6.92 Å². The van der Waals surface area contributed by atoms with Gasteiger partial charge in [0.2, 0.25) is 5.91 Å². The topological polar surface area (TPSA) is 64.7 Å². The first-order chi connectivity index (χ1) is 11.2. The Labute approximate surface area is 134 Å². The molecule has 0 atom stereocenters. The third kappa shape index (κ3) is 4.29. The van der Waals surface area contributed by atoms with E-state index < -0.39 is 0 Å². The summed E-state index contributed by atoms with van der Waals surface area (Å²) in [5.74, 6) is -0.0191. The summed E-state index contributed by atoms with van der Waals surface area (Å²) in [5, 5.41) is 11.4. The molecular formula is C17H19N5O. The van der Waals surface area contributed by atoms with Crippen molar-refractivity contribution in [2.45, 2.75) is 26.4 Å². The molecule has 0 saturated carbocycles. The fourth-order valence-corrected chi connectivity index (χ4v) is 2.36. The van der Waals surface area contributed by atoms with Crippen LogP contribution in [0.1, 0.15) is 17.7 Å². The number of anilines is 1. The molecule has 3 rings (SSSR count). The van der Waals surface area contributed by atoms with Crippen molar-refractivity contribution in [3.05, 3.63) is 66.2 Å². The molecule has 0 unspecified atom stereocenters. The molecule has 1 amide bonds. The van der Waals surface area contributed by atoms with E-state index in [-0.39, 0.29) is 5.91 Å². The molecule has 0 bridgehead atoms. The molecule has 1 aromatic carbocycles. The number of hydrogen-bond donors (Lipinski definition) is 1. The van der Waals surface area contributed by atoms with E-state index >= 15 is 0 Å². The molecule has 0 saturated heterocycles. The summed E-state index contributed by atoms with van der Waals surface area (Å²) in [6, 6.07) is 11.6. The van der Waals surface area contributed by atoms with Crippen molar-refractivity contribution in [1.82, 2.24) is 19.6 Å². The number of benzene rings is 1. The van der Waals surface area contributed by atoms with Gasteiger partial charge in [-0.1, -0.05) is 12.1 Å². The molecule has 0 aliphatic heterocycles. The van der Waals surface area contributed by atoms with E-state index in [0.717, 1.165) is 16.9 Å². The highest BCUT2D eigenvalue weighted by atomic mass is 16.1. The summed E-state index contributed by atoms with van der Waals surface area (Å²) in [6.07, 6.45) is 5.94. The Kier molecular flexibility index (Phi) is 4.52.